The smallest absolute Gasteiger partial charge is 0.0692 e. The monoisotopic (exact) mass is 293 g/mol. The molecule has 0 aliphatic carbocycles. The van der Waals surface area contributed by atoms with Gasteiger partial charge in [0.15, 0.2) is 0 Å². The third-order valence-corrected chi connectivity index (χ3v) is 5.28. The Bertz CT molecular complexity index is 400. The van der Waals surface area contributed by atoms with Crippen LogP contribution < -0.4 is 5.32 Å². The Morgan fingerprint density at radius 2 is 1.95 bits per heavy atom. The molecule has 112 valence electrons. The molecular formula is C17H27NOS. The Morgan fingerprint density at radius 3 is 2.55 bits per heavy atom. The molecule has 0 spiro atoms. The standard InChI is InChI=1S/C17H27NOS/c1-4-17(5-2)12-15(10-11-19-17)18-13-14-6-8-16(20-3)9-7-14/h6-9,15,18H,4-5,10-13H2,1-3H3. The Morgan fingerprint density at radius 1 is 1.25 bits per heavy atom. The summed E-state index contributed by atoms with van der Waals surface area (Å²) in [5.74, 6) is 0. The van der Waals surface area contributed by atoms with Crippen molar-refractivity contribution >= 4 is 11.8 Å². The molecule has 1 aliphatic heterocycles. The van der Waals surface area contributed by atoms with Crippen LogP contribution >= 0.6 is 11.8 Å². The van der Waals surface area contributed by atoms with E-state index >= 15 is 0 Å². The fourth-order valence-corrected chi connectivity index (χ4v) is 3.36. The summed E-state index contributed by atoms with van der Waals surface area (Å²) in [4.78, 5) is 1.33. The number of ether oxygens (including phenoxy) is 1. The van der Waals surface area contributed by atoms with Crippen molar-refractivity contribution in [2.45, 2.75) is 62.6 Å². The molecule has 20 heavy (non-hydrogen) atoms. The number of nitrogens with one attached hydrogen (secondary N) is 1. The number of rotatable bonds is 6. The normalized spacial score (nSPS) is 21.9. The van der Waals surface area contributed by atoms with Crippen LogP contribution in [-0.4, -0.2) is 24.5 Å². The minimum absolute atomic E-state index is 0.110. The maximum absolute atomic E-state index is 6.03. The van der Waals surface area contributed by atoms with E-state index in [0.29, 0.717) is 6.04 Å². The lowest BCUT2D eigenvalue weighted by molar-refractivity contribution is -0.0932. The minimum Gasteiger partial charge on any atom is -0.375 e. The third-order valence-electron chi connectivity index (χ3n) is 4.54. The largest absolute Gasteiger partial charge is 0.375 e. The number of hydrogen-bond acceptors (Lipinski definition) is 3. The van der Waals surface area contributed by atoms with Crippen molar-refractivity contribution in [1.29, 1.82) is 0 Å². The predicted molar refractivity (Wildman–Crippen MR) is 87.3 cm³/mol. The van der Waals surface area contributed by atoms with E-state index in [0.717, 1.165) is 38.8 Å². The first-order valence-electron chi connectivity index (χ1n) is 7.71. The first-order valence-corrected chi connectivity index (χ1v) is 8.94. The first-order chi connectivity index (χ1) is 9.71. The van der Waals surface area contributed by atoms with E-state index in [2.05, 4.69) is 49.7 Å². The van der Waals surface area contributed by atoms with Gasteiger partial charge in [0, 0.05) is 24.1 Å². The first kappa shape index (κ1) is 15.9. The Labute approximate surface area is 127 Å². The number of thioether (sulfide) groups is 1. The van der Waals surface area contributed by atoms with Crippen LogP contribution in [0.15, 0.2) is 29.2 Å². The molecule has 1 N–H and O–H groups in total. The Balaban J connectivity index is 1.86. The van der Waals surface area contributed by atoms with Crippen LogP contribution in [0.25, 0.3) is 0 Å². The van der Waals surface area contributed by atoms with Gasteiger partial charge in [-0.3, -0.25) is 0 Å². The van der Waals surface area contributed by atoms with E-state index < -0.39 is 0 Å². The molecule has 1 atom stereocenters. The van der Waals surface area contributed by atoms with Crippen LogP contribution in [0, 0.1) is 0 Å². The lowest BCUT2D eigenvalue weighted by Gasteiger charge is -2.40. The van der Waals surface area contributed by atoms with Crippen LogP contribution in [0.4, 0.5) is 0 Å². The molecular weight excluding hydrogens is 266 g/mol. The summed E-state index contributed by atoms with van der Waals surface area (Å²) >= 11 is 1.79. The molecule has 1 aromatic rings. The second-order valence-electron chi connectivity index (χ2n) is 5.66. The van der Waals surface area contributed by atoms with Crippen LogP contribution in [-0.2, 0) is 11.3 Å². The van der Waals surface area contributed by atoms with Gasteiger partial charge in [0.05, 0.1) is 5.60 Å². The molecule has 2 nitrogen and oxygen atoms in total. The molecule has 1 heterocycles. The fraction of sp³-hybridized carbons (Fsp3) is 0.647. The van der Waals surface area contributed by atoms with Gasteiger partial charge < -0.3 is 10.1 Å². The second kappa shape index (κ2) is 7.48. The lowest BCUT2D eigenvalue weighted by Crippen LogP contribution is -2.46. The van der Waals surface area contributed by atoms with Crippen molar-refractivity contribution in [2.75, 3.05) is 12.9 Å². The molecule has 1 saturated heterocycles. The van der Waals surface area contributed by atoms with Gasteiger partial charge in [-0.1, -0.05) is 26.0 Å². The topological polar surface area (TPSA) is 21.3 Å². The van der Waals surface area contributed by atoms with Gasteiger partial charge in [0.2, 0.25) is 0 Å². The summed E-state index contributed by atoms with van der Waals surface area (Å²) in [6.07, 6.45) is 6.62. The minimum atomic E-state index is 0.110. The van der Waals surface area contributed by atoms with E-state index in [1.54, 1.807) is 11.8 Å². The molecule has 2 rings (SSSR count). The average molecular weight is 293 g/mol. The molecule has 3 heteroatoms. The van der Waals surface area contributed by atoms with Crippen molar-refractivity contribution in [3.8, 4) is 0 Å². The van der Waals surface area contributed by atoms with Gasteiger partial charge in [-0.25, -0.2) is 0 Å². The summed E-state index contributed by atoms with van der Waals surface area (Å²) in [6, 6.07) is 9.45. The SMILES string of the molecule is CCC1(CC)CC(NCc2ccc(SC)cc2)CCO1. The second-order valence-corrected chi connectivity index (χ2v) is 6.54. The van der Waals surface area contributed by atoms with E-state index in [1.807, 2.05) is 0 Å². The summed E-state index contributed by atoms with van der Waals surface area (Å²) in [6.45, 7) is 6.34. The zero-order chi connectivity index (χ0) is 14.4. The summed E-state index contributed by atoms with van der Waals surface area (Å²) < 4.78 is 6.03. The Kier molecular flexibility index (Phi) is 5.94. The van der Waals surface area contributed by atoms with Gasteiger partial charge in [-0.15, -0.1) is 11.8 Å². The highest BCUT2D eigenvalue weighted by molar-refractivity contribution is 7.98. The fourth-order valence-electron chi connectivity index (χ4n) is 2.95. The van der Waals surface area contributed by atoms with Crippen molar-refractivity contribution in [2.24, 2.45) is 0 Å². The van der Waals surface area contributed by atoms with Crippen LogP contribution in [0.2, 0.25) is 0 Å². The summed E-state index contributed by atoms with van der Waals surface area (Å²) in [5.41, 5.74) is 1.48. The lowest BCUT2D eigenvalue weighted by atomic mass is 9.86. The predicted octanol–water partition coefficient (Wildman–Crippen LogP) is 4.24. The van der Waals surface area contributed by atoms with Gasteiger partial charge in [-0.05, 0) is 49.6 Å². The van der Waals surface area contributed by atoms with E-state index in [4.69, 9.17) is 4.74 Å². The van der Waals surface area contributed by atoms with Crippen molar-refractivity contribution in [3.05, 3.63) is 29.8 Å². The third kappa shape index (κ3) is 4.00. The molecule has 1 aromatic carbocycles. The van der Waals surface area contributed by atoms with Crippen LogP contribution in [0.5, 0.6) is 0 Å². The van der Waals surface area contributed by atoms with Gasteiger partial charge in [0.25, 0.3) is 0 Å². The van der Waals surface area contributed by atoms with Gasteiger partial charge in [-0.2, -0.15) is 0 Å². The Hall–Kier alpha value is -0.510. The maximum atomic E-state index is 6.03. The van der Waals surface area contributed by atoms with Crippen LogP contribution in [0.1, 0.15) is 45.1 Å². The van der Waals surface area contributed by atoms with E-state index in [1.165, 1.54) is 10.5 Å². The summed E-state index contributed by atoms with van der Waals surface area (Å²) in [5, 5.41) is 3.71. The highest BCUT2D eigenvalue weighted by Gasteiger charge is 2.34. The quantitative estimate of drug-likeness (QED) is 0.793. The molecule has 1 fully saturated rings. The number of benzene rings is 1. The van der Waals surface area contributed by atoms with E-state index in [-0.39, 0.29) is 5.60 Å². The molecule has 0 aromatic heterocycles. The highest BCUT2D eigenvalue weighted by atomic mass is 32.2. The van der Waals surface area contributed by atoms with E-state index in [9.17, 15) is 0 Å². The molecule has 0 saturated carbocycles. The van der Waals surface area contributed by atoms with Gasteiger partial charge in [0.1, 0.15) is 0 Å². The highest BCUT2D eigenvalue weighted by Crippen LogP contribution is 2.31. The van der Waals surface area contributed by atoms with Crippen LogP contribution in [0.3, 0.4) is 0 Å². The zero-order valence-corrected chi connectivity index (χ0v) is 13.8. The molecule has 0 amide bonds. The molecule has 1 unspecified atom stereocenters. The maximum Gasteiger partial charge on any atom is 0.0692 e. The van der Waals surface area contributed by atoms with Crippen molar-refractivity contribution in [1.82, 2.24) is 5.32 Å². The van der Waals surface area contributed by atoms with Crippen molar-refractivity contribution < 1.29 is 4.74 Å². The van der Waals surface area contributed by atoms with Crippen molar-refractivity contribution in [3.63, 3.8) is 0 Å². The molecule has 0 bridgehead atoms. The van der Waals surface area contributed by atoms with Gasteiger partial charge >= 0.3 is 0 Å². The zero-order valence-electron chi connectivity index (χ0n) is 12.9. The average Bonchev–Trinajstić information content (AvgIpc) is 2.53. The molecule has 0 radical (unpaired) electrons. The number of hydrogen-bond donors (Lipinski definition) is 1. The summed E-state index contributed by atoms with van der Waals surface area (Å²) in [7, 11) is 0. The molecule has 1 aliphatic rings.